The Hall–Kier alpha value is -1.35. The van der Waals surface area contributed by atoms with Crippen molar-refractivity contribution >= 4 is 11.6 Å². The summed E-state index contributed by atoms with van der Waals surface area (Å²) in [7, 11) is 0. The van der Waals surface area contributed by atoms with E-state index in [2.05, 4.69) is 17.4 Å². The molecular formula is C13H16N2O. The highest BCUT2D eigenvalue weighted by Gasteiger charge is 2.39. The number of anilines is 1. The lowest BCUT2D eigenvalue weighted by atomic mass is 10.1. The molecule has 0 radical (unpaired) electrons. The number of amides is 1. The summed E-state index contributed by atoms with van der Waals surface area (Å²) in [5, 5.41) is 2.95. The molecule has 0 aliphatic heterocycles. The Kier molecular flexibility index (Phi) is 2.21. The Bertz CT molecular complexity index is 442. The molecule has 1 amide bonds. The van der Waals surface area contributed by atoms with Crippen LogP contribution in [0.4, 0.5) is 5.69 Å². The molecule has 3 rings (SSSR count). The van der Waals surface area contributed by atoms with Crippen LogP contribution in [0.25, 0.3) is 0 Å². The van der Waals surface area contributed by atoms with Crippen LogP contribution in [-0.2, 0) is 17.6 Å². The molecule has 0 saturated heterocycles. The van der Waals surface area contributed by atoms with Gasteiger partial charge in [0.25, 0.3) is 0 Å². The molecule has 3 nitrogen and oxygen atoms in total. The Morgan fingerprint density at radius 3 is 2.81 bits per heavy atom. The molecule has 0 spiro atoms. The smallest absolute Gasteiger partial charge is 0.229 e. The number of rotatable bonds is 2. The predicted octanol–water partition coefficient (Wildman–Crippen LogP) is 1.46. The van der Waals surface area contributed by atoms with Gasteiger partial charge in [0.1, 0.15) is 0 Å². The lowest BCUT2D eigenvalue weighted by Gasteiger charge is -2.06. The second kappa shape index (κ2) is 3.59. The molecule has 1 aromatic carbocycles. The van der Waals surface area contributed by atoms with Crippen molar-refractivity contribution in [3.8, 4) is 0 Å². The summed E-state index contributed by atoms with van der Waals surface area (Å²) >= 11 is 0. The van der Waals surface area contributed by atoms with Gasteiger partial charge in [0.2, 0.25) is 5.91 Å². The van der Waals surface area contributed by atoms with Gasteiger partial charge in [-0.25, -0.2) is 0 Å². The standard InChI is InChI=1S/C13H16N2O/c14-12-7-11(12)13(16)15-10-5-4-8-2-1-3-9(8)6-10/h4-6,11-12H,1-3,7,14H2,(H,15,16). The third kappa shape index (κ3) is 1.71. The predicted molar refractivity (Wildman–Crippen MR) is 63.2 cm³/mol. The normalized spacial score (nSPS) is 26.3. The van der Waals surface area contributed by atoms with Crippen LogP contribution in [0.1, 0.15) is 24.0 Å². The zero-order valence-corrected chi connectivity index (χ0v) is 9.20. The van der Waals surface area contributed by atoms with E-state index in [-0.39, 0.29) is 17.9 Å². The van der Waals surface area contributed by atoms with Crippen LogP contribution in [-0.4, -0.2) is 11.9 Å². The van der Waals surface area contributed by atoms with Crippen LogP contribution in [0, 0.1) is 5.92 Å². The Balaban J connectivity index is 1.73. The van der Waals surface area contributed by atoms with Crippen LogP contribution < -0.4 is 11.1 Å². The van der Waals surface area contributed by atoms with Gasteiger partial charge in [-0.1, -0.05) is 6.07 Å². The second-order valence-electron chi connectivity index (χ2n) is 4.83. The van der Waals surface area contributed by atoms with E-state index < -0.39 is 0 Å². The van der Waals surface area contributed by atoms with Crippen molar-refractivity contribution in [1.82, 2.24) is 0 Å². The number of carbonyl (C=O) groups excluding carboxylic acids is 1. The summed E-state index contributed by atoms with van der Waals surface area (Å²) in [6.45, 7) is 0. The molecule has 2 aliphatic carbocycles. The summed E-state index contributed by atoms with van der Waals surface area (Å²) < 4.78 is 0. The highest BCUT2D eigenvalue weighted by atomic mass is 16.2. The zero-order valence-electron chi connectivity index (χ0n) is 9.20. The minimum Gasteiger partial charge on any atom is -0.327 e. The van der Waals surface area contributed by atoms with Crippen LogP contribution in [0.5, 0.6) is 0 Å². The molecule has 0 bridgehead atoms. The molecule has 84 valence electrons. The number of benzene rings is 1. The number of hydrogen-bond acceptors (Lipinski definition) is 2. The molecule has 3 N–H and O–H groups in total. The highest BCUT2D eigenvalue weighted by molar-refractivity contribution is 5.95. The Morgan fingerprint density at radius 2 is 2.06 bits per heavy atom. The van der Waals surface area contributed by atoms with Gasteiger partial charge < -0.3 is 11.1 Å². The van der Waals surface area contributed by atoms with Gasteiger partial charge >= 0.3 is 0 Å². The molecule has 1 saturated carbocycles. The zero-order chi connectivity index (χ0) is 11.1. The third-order valence-corrected chi connectivity index (χ3v) is 3.54. The fourth-order valence-corrected chi connectivity index (χ4v) is 2.40. The largest absolute Gasteiger partial charge is 0.327 e. The summed E-state index contributed by atoms with van der Waals surface area (Å²) in [6.07, 6.45) is 4.38. The summed E-state index contributed by atoms with van der Waals surface area (Å²) in [6, 6.07) is 6.31. The first-order valence-electron chi connectivity index (χ1n) is 5.92. The first kappa shape index (κ1) is 9.85. The first-order chi connectivity index (χ1) is 7.74. The average molecular weight is 216 g/mol. The van der Waals surface area contributed by atoms with Gasteiger partial charge in [0, 0.05) is 11.7 Å². The second-order valence-corrected chi connectivity index (χ2v) is 4.83. The summed E-state index contributed by atoms with van der Waals surface area (Å²) in [5.41, 5.74) is 9.39. The SMILES string of the molecule is NC1CC1C(=O)Nc1ccc2c(c1)CCC2. The lowest BCUT2D eigenvalue weighted by molar-refractivity contribution is -0.117. The number of nitrogens with one attached hydrogen (secondary N) is 1. The maximum Gasteiger partial charge on any atom is 0.229 e. The Morgan fingerprint density at radius 1 is 1.31 bits per heavy atom. The van der Waals surface area contributed by atoms with Crippen molar-refractivity contribution < 1.29 is 4.79 Å². The van der Waals surface area contributed by atoms with Crippen molar-refractivity contribution in [3.63, 3.8) is 0 Å². The number of carbonyl (C=O) groups is 1. The summed E-state index contributed by atoms with van der Waals surface area (Å²) in [4.78, 5) is 11.7. The molecule has 0 heterocycles. The third-order valence-electron chi connectivity index (χ3n) is 3.54. The van der Waals surface area contributed by atoms with Gasteiger partial charge in [-0.15, -0.1) is 0 Å². The minimum atomic E-state index is 0.0354. The van der Waals surface area contributed by atoms with Gasteiger partial charge in [0.15, 0.2) is 0 Å². The van der Waals surface area contributed by atoms with E-state index in [1.807, 2.05) is 6.07 Å². The van der Waals surface area contributed by atoms with Crippen LogP contribution in [0.15, 0.2) is 18.2 Å². The minimum absolute atomic E-state index is 0.0354. The van der Waals surface area contributed by atoms with Crippen LogP contribution >= 0.6 is 0 Å². The number of fused-ring (bicyclic) bond motifs is 1. The lowest BCUT2D eigenvalue weighted by Crippen LogP contribution is -2.18. The molecule has 1 aromatic rings. The number of nitrogens with two attached hydrogens (primary N) is 1. The molecule has 2 unspecified atom stereocenters. The van der Waals surface area contributed by atoms with Gasteiger partial charge in [-0.3, -0.25) is 4.79 Å². The van der Waals surface area contributed by atoms with E-state index in [1.165, 1.54) is 24.0 Å². The molecular weight excluding hydrogens is 200 g/mol. The Labute approximate surface area is 95.0 Å². The first-order valence-corrected chi connectivity index (χ1v) is 5.92. The van der Waals surface area contributed by atoms with E-state index in [0.717, 1.165) is 18.5 Å². The van der Waals surface area contributed by atoms with Crippen LogP contribution in [0.2, 0.25) is 0 Å². The topological polar surface area (TPSA) is 55.1 Å². The van der Waals surface area contributed by atoms with Crippen molar-refractivity contribution in [3.05, 3.63) is 29.3 Å². The van der Waals surface area contributed by atoms with Crippen molar-refractivity contribution in [2.75, 3.05) is 5.32 Å². The fourth-order valence-electron chi connectivity index (χ4n) is 2.40. The summed E-state index contributed by atoms with van der Waals surface area (Å²) in [5.74, 6) is 0.110. The molecule has 3 heteroatoms. The molecule has 1 fully saturated rings. The van der Waals surface area contributed by atoms with E-state index >= 15 is 0 Å². The van der Waals surface area contributed by atoms with E-state index in [1.54, 1.807) is 0 Å². The molecule has 2 aliphatic rings. The number of hydrogen-bond donors (Lipinski definition) is 2. The maximum atomic E-state index is 11.7. The molecule has 0 aromatic heterocycles. The maximum absolute atomic E-state index is 11.7. The fraction of sp³-hybridized carbons (Fsp3) is 0.462. The van der Waals surface area contributed by atoms with Crippen LogP contribution in [0.3, 0.4) is 0 Å². The van der Waals surface area contributed by atoms with E-state index in [9.17, 15) is 4.79 Å². The molecule has 2 atom stereocenters. The van der Waals surface area contributed by atoms with Gasteiger partial charge in [0.05, 0.1) is 5.92 Å². The van der Waals surface area contributed by atoms with Gasteiger partial charge in [-0.2, -0.15) is 0 Å². The van der Waals surface area contributed by atoms with Crippen molar-refractivity contribution in [1.29, 1.82) is 0 Å². The highest BCUT2D eigenvalue weighted by Crippen LogP contribution is 2.30. The van der Waals surface area contributed by atoms with Crippen molar-refractivity contribution in [2.45, 2.75) is 31.7 Å². The monoisotopic (exact) mass is 216 g/mol. The average Bonchev–Trinajstić information content (AvgIpc) is 2.83. The number of aryl methyl sites for hydroxylation is 2. The quantitative estimate of drug-likeness (QED) is 0.786. The van der Waals surface area contributed by atoms with E-state index in [0.29, 0.717) is 0 Å². The van der Waals surface area contributed by atoms with Crippen molar-refractivity contribution in [2.24, 2.45) is 11.7 Å². The van der Waals surface area contributed by atoms with E-state index in [4.69, 9.17) is 5.73 Å². The van der Waals surface area contributed by atoms with Gasteiger partial charge in [-0.05, 0) is 48.9 Å². The molecule has 16 heavy (non-hydrogen) atoms.